The Kier molecular flexibility index (Phi) is 6.45. The van der Waals surface area contributed by atoms with Crippen molar-refractivity contribution in [1.82, 2.24) is 4.90 Å². The van der Waals surface area contributed by atoms with Gasteiger partial charge in [-0.15, -0.1) is 0 Å². The first-order valence-electron chi connectivity index (χ1n) is 6.90. The number of hydrogen-bond donors (Lipinski definition) is 1. The van der Waals surface area contributed by atoms with Crippen LogP contribution in [0.3, 0.4) is 0 Å². The molecule has 0 aromatic rings. The summed E-state index contributed by atoms with van der Waals surface area (Å²) in [7, 11) is 3.89. The van der Waals surface area contributed by atoms with E-state index in [-0.39, 0.29) is 6.10 Å². The number of aliphatic hydroxyl groups is 1. The van der Waals surface area contributed by atoms with Gasteiger partial charge < -0.3 is 14.7 Å². The molecule has 0 aliphatic heterocycles. The largest absolute Gasteiger partial charge is 0.393 e. The highest BCUT2D eigenvalue weighted by Gasteiger charge is 2.33. The highest BCUT2D eigenvalue weighted by molar-refractivity contribution is 4.84. The summed E-state index contributed by atoms with van der Waals surface area (Å²) in [6, 6.07) is 0. The molecule has 1 aliphatic rings. The third-order valence-electron chi connectivity index (χ3n) is 4.05. The summed E-state index contributed by atoms with van der Waals surface area (Å²) < 4.78 is 5.06. The predicted octanol–water partition coefficient (Wildman–Crippen LogP) is 2.00. The Balaban J connectivity index is 2.33. The lowest BCUT2D eigenvalue weighted by Gasteiger charge is -2.39. The Morgan fingerprint density at radius 1 is 1.29 bits per heavy atom. The van der Waals surface area contributed by atoms with E-state index in [1.54, 1.807) is 7.11 Å². The van der Waals surface area contributed by atoms with Crippen LogP contribution in [0.5, 0.6) is 0 Å². The second-order valence-corrected chi connectivity index (χ2v) is 5.89. The lowest BCUT2D eigenvalue weighted by atomic mass is 9.73. The number of ether oxygens (including phenoxy) is 1. The quantitative estimate of drug-likeness (QED) is 0.724. The molecule has 1 fully saturated rings. The van der Waals surface area contributed by atoms with E-state index in [1.165, 1.54) is 6.42 Å². The summed E-state index contributed by atoms with van der Waals surface area (Å²) in [6.07, 6.45) is 3.19. The zero-order valence-corrected chi connectivity index (χ0v) is 11.9. The summed E-state index contributed by atoms with van der Waals surface area (Å²) in [6.45, 7) is 7.42. The van der Waals surface area contributed by atoms with Gasteiger partial charge in [-0.1, -0.05) is 13.8 Å². The molecule has 0 amide bonds. The van der Waals surface area contributed by atoms with Gasteiger partial charge in [0.15, 0.2) is 0 Å². The molecule has 0 saturated heterocycles. The number of nitrogens with zero attached hydrogens (tertiary/aromatic N) is 1. The SMILES string of the molecule is COCCCN(C)CC1C(C)CC(C)CC1O. The van der Waals surface area contributed by atoms with Gasteiger partial charge in [0, 0.05) is 32.7 Å². The van der Waals surface area contributed by atoms with Crippen LogP contribution in [0.25, 0.3) is 0 Å². The van der Waals surface area contributed by atoms with Crippen LogP contribution in [0.2, 0.25) is 0 Å². The third-order valence-corrected chi connectivity index (χ3v) is 4.05. The van der Waals surface area contributed by atoms with Crippen LogP contribution < -0.4 is 0 Å². The maximum Gasteiger partial charge on any atom is 0.0585 e. The van der Waals surface area contributed by atoms with Crippen LogP contribution in [-0.4, -0.2) is 50.0 Å². The van der Waals surface area contributed by atoms with Crippen molar-refractivity contribution < 1.29 is 9.84 Å². The zero-order valence-electron chi connectivity index (χ0n) is 11.9. The average Bonchev–Trinajstić information content (AvgIpc) is 2.24. The Hall–Kier alpha value is -0.120. The molecule has 1 saturated carbocycles. The van der Waals surface area contributed by atoms with Gasteiger partial charge >= 0.3 is 0 Å². The maximum atomic E-state index is 10.2. The molecule has 0 aromatic heterocycles. The lowest BCUT2D eigenvalue weighted by Crippen LogP contribution is -2.41. The van der Waals surface area contributed by atoms with Crippen molar-refractivity contribution in [3.05, 3.63) is 0 Å². The maximum absolute atomic E-state index is 10.2. The topological polar surface area (TPSA) is 32.7 Å². The van der Waals surface area contributed by atoms with Gasteiger partial charge in [0.1, 0.15) is 0 Å². The van der Waals surface area contributed by atoms with E-state index >= 15 is 0 Å². The highest BCUT2D eigenvalue weighted by Crippen LogP contribution is 2.34. The van der Waals surface area contributed by atoms with E-state index in [1.807, 2.05) is 0 Å². The van der Waals surface area contributed by atoms with Crippen molar-refractivity contribution in [2.75, 3.05) is 33.9 Å². The summed E-state index contributed by atoms with van der Waals surface area (Å²) >= 11 is 0. The molecule has 0 spiro atoms. The molecule has 1 rings (SSSR count). The standard InChI is InChI=1S/C14H29NO2/c1-11-8-12(2)13(14(16)9-11)10-15(3)6-5-7-17-4/h11-14,16H,5-10H2,1-4H3. The van der Waals surface area contributed by atoms with Crippen LogP contribution in [0, 0.1) is 17.8 Å². The number of rotatable bonds is 6. The molecule has 102 valence electrons. The minimum atomic E-state index is -0.112. The molecular weight excluding hydrogens is 214 g/mol. The van der Waals surface area contributed by atoms with E-state index in [4.69, 9.17) is 4.74 Å². The van der Waals surface area contributed by atoms with Crippen molar-refractivity contribution in [3.8, 4) is 0 Å². The van der Waals surface area contributed by atoms with Gasteiger partial charge in [0.25, 0.3) is 0 Å². The van der Waals surface area contributed by atoms with E-state index in [0.29, 0.717) is 17.8 Å². The summed E-state index contributed by atoms with van der Waals surface area (Å²) in [5.41, 5.74) is 0. The first-order valence-corrected chi connectivity index (χ1v) is 6.90. The molecule has 3 heteroatoms. The normalized spacial score (nSPS) is 34.2. The van der Waals surface area contributed by atoms with Gasteiger partial charge in [-0.25, -0.2) is 0 Å². The molecule has 0 radical (unpaired) electrons. The predicted molar refractivity (Wildman–Crippen MR) is 71.0 cm³/mol. The smallest absolute Gasteiger partial charge is 0.0585 e. The number of methoxy groups -OCH3 is 1. The van der Waals surface area contributed by atoms with Gasteiger partial charge in [-0.05, 0) is 38.1 Å². The second-order valence-electron chi connectivity index (χ2n) is 5.89. The van der Waals surface area contributed by atoms with Crippen LogP contribution >= 0.6 is 0 Å². The van der Waals surface area contributed by atoms with Crippen molar-refractivity contribution in [2.24, 2.45) is 17.8 Å². The Morgan fingerprint density at radius 3 is 2.59 bits per heavy atom. The molecule has 1 aliphatic carbocycles. The highest BCUT2D eigenvalue weighted by atomic mass is 16.5. The molecule has 4 unspecified atom stereocenters. The molecule has 0 heterocycles. The Morgan fingerprint density at radius 2 is 2.00 bits per heavy atom. The molecular formula is C14H29NO2. The summed E-state index contributed by atoms with van der Waals surface area (Å²) in [4.78, 5) is 2.33. The van der Waals surface area contributed by atoms with Gasteiger partial charge in [0.05, 0.1) is 6.10 Å². The van der Waals surface area contributed by atoms with E-state index < -0.39 is 0 Å². The first-order chi connectivity index (χ1) is 8.04. The van der Waals surface area contributed by atoms with Gasteiger partial charge in [-0.2, -0.15) is 0 Å². The molecule has 4 atom stereocenters. The van der Waals surface area contributed by atoms with Gasteiger partial charge in [-0.3, -0.25) is 0 Å². The molecule has 17 heavy (non-hydrogen) atoms. The third kappa shape index (κ3) is 4.94. The Labute approximate surface area is 106 Å². The fourth-order valence-electron chi connectivity index (χ4n) is 3.10. The summed E-state index contributed by atoms with van der Waals surface area (Å²) in [5, 5.41) is 10.2. The van der Waals surface area contributed by atoms with Crippen LogP contribution in [0.1, 0.15) is 33.1 Å². The second kappa shape index (κ2) is 7.34. The van der Waals surface area contributed by atoms with Crippen molar-refractivity contribution in [2.45, 2.75) is 39.2 Å². The van der Waals surface area contributed by atoms with Crippen LogP contribution in [0.4, 0.5) is 0 Å². The molecule has 0 aromatic carbocycles. The Bertz CT molecular complexity index is 198. The number of aliphatic hydroxyl groups excluding tert-OH is 1. The number of hydrogen-bond acceptors (Lipinski definition) is 3. The van der Waals surface area contributed by atoms with E-state index in [0.717, 1.165) is 32.5 Å². The average molecular weight is 243 g/mol. The van der Waals surface area contributed by atoms with Gasteiger partial charge in [0.2, 0.25) is 0 Å². The van der Waals surface area contributed by atoms with Crippen molar-refractivity contribution in [3.63, 3.8) is 0 Å². The van der Waals surface area contributed by atoms with E-state index in [2.05, 4.69) is 25.8 Å². The minimum Gasteiger partial charge on any atom is -0.393 e. The molecule has 0 bridgehead atoms. The fourth-order valence-corrected chi connectivity index (χ4v) is 3.10. The molecule has 3 nitrogen and oxygen atoms in total. The summed E-state index contributed by atoms with van der Waals surface area (Å²) in [5.74, 6) is 1.76. The fraction of sp³-hybridized carbons (Fsp3) is 1.00. The first kappa shape index (κ1) is 14.9. The zero-order chi connectivity index (χ0) is 12.8. The van der Waals surface area contributed by atoms with Crippen LogP contribution in [-0.2, 0) is 4.74 Å². The minimum absolute atomic E-state index is 0.112. The van der Waals surface area contributed by atoms with Crippen LogP contribution in [0.15, 0.2) is 0 Å². The van der Waals surface area contributed by atoms with E-state index in [9.17, 15) is 5.11 Å². The molecule has 1 N–H and O–H groups in total. The van der Waals surface area contributed by atoms with Crippen molar-refractivity contribution >= 4 is 0 Å². The van der Waals surface area contributed by atoms with Crippen molar-refractivity contribution in [1.29, 1.82) is 0 Å². The monoisotopic (exact) mass is 243 g/mol. The lowest BCUT2D eigenvalue weighted by molar-refractivity contribution is 0.000875.